The number of nitrogen functional groups attached to an aromatic ring is 1. The first kappa shape index (κ1) is 19.4. The summed E-state index contributed by atoms with van der Waals surface area (Å²) in [6.45, 7) is 8.80. The largest absolute Gasteiger partial charge is 0.398 e. The fourth-order valence-corrected chi connectivity index (χ4v) is 3.64. The van der Waals surface area contributed by atoms with Crippen LogP contribution >= 0.6 is 0 Å². The van der Waals surface area contributed by atoms with E-state index in [1.54, 1.807) is 0 Å². The number of nitrogens with two attached hydrogens (primary N) is 1. The van der Waals surface area contributed by atoms with Crippen LogP contribution in [-0.4, -0.2) is 19.4 Å². The Kier molecular flexibility index (Phi) is 6.21. The summed E-state index contributed by atoms with van der Waals surface area (Å²) in [5.74, 6) is 0. The van der Waals surface area contributed by atoms with Crippen molar-refractivity contribution in [3.05, 3.63) is 35.4 Å². The molecular formula is C21H29NO3. The predicted octanol–water partition coefficient (Wildman–Crippen LogP) is 4.35. The zero-order valence-corrected chi connectivity index (χ0v) is 15.6. The van der Waals surface area contributed by atoms with Gasteiger partial charge in [0, 0.05) is 24.5 Å². The molecule has 0 unspecified atom stereocenters. The molecule has 3 rings (SSSR count). The van der Waals surface area contributed by atoms with E-state index in [4.69, 9.17) is 20.1 Å². The lowest BCUT2D eigenvalue weighted by Gasteiger charge is -2.35. The molecule has 0 aromatic heterocycles. The zero-order chi connectivity index (χ0) is 18.5. The van der Waals surface area contributed by atoms with Crippen molar-refractivity contribution in [3.8, 4) is 0 Å². The van der Waals surface area contributed by atoms with Crippen molar-refractivity contribution in [3.63, 3.8) is 0 Å². The van der Waals surface area contributed by atoms with Crippen LogP contribution in [0.3, 0.4) is 0 Å². The Morgan fingerprint density at radius 2 is 1.72 bits per heavy atom. The van der Waals surface area contributed by atoms with Crippen LogP contribution in [-0.2, 0) is 19.7 Å². The average Bonchev–Trinajstić information content (AvgIpc) is 2.57. The highest BCUT2D eigenvalue weighted by Gasteiger charge is 2.30. The number of allylic oxidation sites excluding steroid dienone is 2. The van der Waals surface area contributed by atoms with Gasteiger partial charge in [0.05, 0.1) is 0 Å². The summed E-state index contributed by atoms with van der Waals surface area (Å²) in [4.78, 5) is 16.2. The lowest BCUT2D eigenvalue weighted by Crippen LogP contribution is -2.30. The fourth-order valence-electron chi connectivity index (χ4n) is 3.64. The van der Waals surface area contributed by atoms with Gasteiger partial charge in [-0.1, -0.05) is 32.9 Å². The van der Waals surface area contributed by atoms with Crippen molar-refractivity contribution < 1.29 is 14.3 Å². The van der Waals surface area contributed by atoms with Gasteiger partial charge in [-0.3, -0.25) is 0 Å². The molecule has 1 saturated heterocycles. The Morgan fingerprint density at radius 3 is 2.28 bits per heavy atom. The van der Waals surface area contributed by atoms with Gasteiger partial charge in [-0.15, -0.1) is 0 Å². The lowest BCUT2D eigenvalue weighted by molar-refractivity contribution is -0.191. The molecular weight excluding hydrogens is 314 g/mol. The van der Waals surface area contributed by atoms with Crippen LogP contribution in [0.25, 0.3) is 5.57 Å². The second-order valence-corrected chi connectivity index (χ2v) is 8.16. The number of rotatable bonds is 2. The molecule has 136 valence electrons. The van der Waals surface area contributed by atoms with Crippen LogP contribution in [0.2, 0.25) is 0 Å². The van der Waals surface area contributed by atoms with Crippen LogP contribution in [0.5, 0.6) is 0 Å². The van der Waals surface area contributed by atoms with E-state index in [2.05, 4.69) is 45.0 Å². The SMILES string of the molecule is CC1(C)CC=C(c2cc(C3(C)CCOCC3)ccc2N)CC1.O=C=O. The highest BCUT2D eigenvalue weighted by Crippen LogP contribution is 2.41. The Hall–Kier alpha value is -1.90. The van der Waals surface area contributed by atoms with Crippen LogP contribution in [0.4, 0.5) is 5.69 Å². The Morgan fingerprint density at radius 1 is 1.08 bits per heavy atom. The van der Waals surface area contributed by atoms with Gasteiger partial charge in [0.2, 0.25) is 0 Å². The molecule has 4 heteroatoms. The molecule has 25 heavy (non-hydrogen) atoms. The molecule has 1 aromatic rings. The smallest absolute Gasteiger partial charge is 0.373 e. The average molecular weight is 343 g/mol. The summed E-state index contributed by atoms with van der Waals surface area (Å²) in [5.41, 5.74) is 12.0. The minimum absolute atomic E-state index is 0.231. The number of hydrogen-bond acceptors (Lipinski definition) is 4. The third-order valence-electron chi connectivity index (χ3n) is 5.66. The van der Waals surface area contributed by atoms with E-state index < -0.39 is 0 Å². The molecule has 0 spiro atoms. The maximum absolute atomic E-state index is 8.12. The topological polar surface area (TPSA) is 69.4 Å². The quantitative estimate of drug-likeness (QED) is 0.811. The van der Waals surface area contributed by atoms with E-state index >= 15 is 0 Å². The number of hydrogen-bond donors (Lipinski definition) is 1. The maximum atomic E-state index is 8.12. The van der Waals surface area contributed by atoms with Gasteiger partial charge in [-0.2, -0.15) is 9.59 Å². The summed E-state index contributed by atoms with van der Waals surface area (Å²) in [7, 11) is 0. The van der Waals surface area contributed by atoms with Gasteiger partial charge >= 0.3 is 6.15 Å². The van der Waals surface area contributed by atoms with E-state index in [1.165, 1.54) is 23.1 Å². The molecule has 2 aliphatic rings. The Bertz CT molecular complexity index is 664. The van der Waals surface area contributed by atoms with Gasteiger partial charge in [-0.25, -0.2) is 0 Å². The van der Waals surface area contributed by atoms with Gasteiger partial charge in [0.15, 0.2) is 0 Å². The van der Waals surface area contributed by atoms with E-state index in [0.717, 1.165) is 44.6 Å². The van der Waals surface area contributed by atoms with Crippen molar-refractivity contribution in [2.75, 3.05) is 18.9 Å². The third kappa shape index (κ3) is 4.81. The molecule has 2 N–H and O–H groups in total. The highest BCUT2D eigenvalue weighted by atomic mass is 16.5. The molecule has 4 nitrogen and oxygen atoms in total. The van der Waals surface area contributed by atoms with Crippen molar-refractivity contribution in [2.24, 2.45) is 5.41 Å². The molecule has 0 atom stereocenters. The Labute approximate surface area is 150 Å². The van der Waals surface area contributed by atoms with Crippen molar-refractivity contribution in [2.45, 2.75) is 58.3 Å². The normalized spacial score (nSPS) is 21.3. The molecule has 0 radical (unpaired) electrons. The summed E-state index contributed by atoms with van der Waals surface area (Å²) >= 11 is 0. The van der Waals surface area contributed by atoms with Crippen LogP contribution < -0.4 is 5.73 Å². The second kappa shape index (κ2) is 7.99. The lowest BCUT2D eigenvalue weighted by atomic mass is 9.73. The van der Waals surface area contributed by atoms with Gasteiger partial charge in [0.25, 0.3) is 0 Å². The predicted molar refractivity (Wildman–Crippen MR) is 98.9 cm³/mol. The number of carbonyl (C=O) groups excluding carboxylic acids is 2. The first-order valence-corrected chi connectivity index (χ1v) is 8.98. The number of benzene rings is 1. The first-order valence-electron chi connectivity index (χ1n) is 8.98. The fraction of sp³-hybridized carbons (Fsp3) is 0.571. The minimum atomic E-state index is 0.231. The summed E-state index contributed by atoms with van der Waals surface area (Å²) in [6.07, 6.45) is 8.39. The number of ether oxygens (including phenoxy) is 1. The first-order chi connectivity index (χ1) is 11.8. The molecule has 1 heterocycles. The van der Waals surface area contributed by atoms with E-state index in [-0.39, 0.29) is 11.6 Å². The molecule has 1 aliphatic carbocycles. The van der Waals surface area contributed by atoms with Crippen LogP contribution in [0, 0.1) is 5.41 Å². The summed E-state index contributed by atoms with van der Waals surface area (Å²) < 4.78 is 5.54. The molecule has 1 aromatic carbocycles. The van der Waals surface area contributed by atoms with E-state index in [0.29, 0.717) is 5.41 Å². The van der Waals surface area contributed by atoms with E-state index in [9.17, 15) is 0 Å². The summed E-state index contributed by atoms with van der Waals surface area (Å²) in [5, 5.41) is 0. The van der Waals surface area contributed by atoms with Gasteiger partial charge < -0.3 is 10.5 Å². The van der Waals surface area contributed by atoms with E-state index in [1.807, 2.05) is 0 Å². The molecule has 1 aliphatic heterocycles. The molecule has 1 fully saturated rings. The monoisotopic (exact) mass is 343 g/mol. The van der Waals surface area contributed by atoms with Gasteiger partial charge in [0.1, 0.15) is 0 Å². The molecule has 0 saturated carbocycles. The van der Waals surface area contributed by atoms with Crippen molar-refractivity contribution >= 4 is 17.4 Å². The van der Waals surface area contributed by atoms with Crippen molar-refractivity contribution in [1.82, 2.24) is 0 Å². The summed E-state index contributed by atoms with van der Waals surface area (Å²) in [6, 6.07) is 6.67. The van der Waals surface area contributed by atoms with Crippen LogP contribution in [0.15, 0.2) is 24.3 Å². The molecule has 0 bridgehead atoms. The molecule has 0 amide bonds. The second-order valence-electron chi connectivity index (χ2n) is 8.16. The van der Waals surface area contributed by atoms with Gasteiger partial charge in [-0.05, 0) is 66.2 Å². The standard InChI is InChI=1S/C20H29NO.CO2/c1-19(2)8-6-15(7-9-19)17-14-16(4-5-18(17)21)20(3)10-12-22-13-11-20;2-1-3/h4-6,14H,7-13,21H2,1-3H3;. The van der Waals surface area contributed by atoms with Crippen molar-refractivity contribution in [1.29, 1.82) is 0 Å². The maximum Gasteiger partial charge on any atom is 0.373 e. The van der Waals surface area contributed by atoms with Crippen LogP contribution in [0.1, 0.15) is 64.0 Å². The highest BCUT2D eigenvalue weighted by molar-refractivity contribution is 5.76. The zero-order valence-electron chi connectivity index (χ0n) is 15.6. The number of anilines is 1. The Balaban J connectivity index is 0.000000701. The third-order valence-corrected chi connectivity index (χ3v) is 5.66. The minimum Gasteiger partial charge on any atom is -0.398 e.